The first-order valence-electron chi connectivity index (χ1n) is 6.53. The van der Waals surface area contributed by atoms with Gasteiger partial charge in [0.15, 0.2) is 0 Å². The molecule has 0 unspecified atom stereocenters. The number of aryl methyl sites for hydroxylation is 3. The molecule has 0 amide bonds. The highest BCUT2D eigenvalue weighted by molar-refractivity contribution is 7.12. The number of carboxylic acids is 1. The fourth-order valence-electron chi connectivity index (χ4n) is 1.99. The molecule has 0 saturated heterocycles. The zero-order valence-electron chi connectivity index (χ0n) is 12.2. The third-order valence-corrected chi connectivity index (χ3v) is 4.10. The van der Waals surface area contributed by atoms with E-state index in [2.05, 4.69) is 4.98 Å². The van der Waals surface area contributed by atoms with Gasteiger partial charge in [0.2, 0.25) is 0 Å². The summed E-state index contributed by atoms with van der Waals surface area (Å²) in [7, 11) is 0. The highest BCUT2D eigenvalue weighted by Gasteiger charge is 2.08. The van der Waals surface area contributed by atoms with Gasteiger partial charge >= 0.3 is 5.97 Å². The van der Waals surface area contributed by atoms with Crippen LogP contribution >= 0.6 is 11.3 Å². The topological polar surface area (TPSA) is 59.4 Å². The lowest BCUT2D eigenvalue weighted by atomic mass is 10.1. The summed E-state index contributed by atoms with van der Waals surface area (Å²) >= 11 is 1.45. The summed E-state index contributed by atoms with van der Waals surface area (Å²) in [5, 5.41) is 9.49. The zero-order valence-corrected chi connectivity index (χ0v) is 13.0. The predicted molar refractivity (Wildman–Crippen MR) is 83.8 cm³/mol. The van der Waals surface area contributed by atoms with Gasteiger partial charge in [0.1, 0.15) is 17.4 Å². The number of hydrogen-bond acceptors (Lipinski definition) is 4. The lowest BCUT2D eigenvalue weighted by Crippen LogP contribution is -1.98. The second kappa shape index (κ2) is 6.54. The minimum Gasteiger partial charge on any atom is -0.486 e. The molecule has 110 valence electrons. The Morgan fingerprint density at radius 1 is 1.33 bits per heavy atom. The van der Waals surface area contributed by atoms with Crippen LogP contribution in [0.15, 0.2) is 24.3 Å². The van der Waals surface area contributed by atoms with E-state index in [4.69, 9.17) is 9.84 Å². The van der Waals surface area contributed by atoms with Gasteiger partial charge in [-0.15, -0.1) is 11.3 Å². The van der Waals surface area contributed by atoms with E-state index in [9.17, 15) is 4.79 Å². The fraction of sp³-hybridized carbons (Fsp3) is 0.250. The normalized spacial score (nSPS) is 11.0. The van der Waals surface area contributed by atoms with Crippen LogP contribution in [-0.2, 0) is 11.4 Å². The summed E-state index contributed by atoms with van der Waals surface area (Å²) in [6.07, 6.45) is 2.69. The van der Waals surface area contributed by atoms with E-state index in [0.29, 0.717) is 6.61 Å². The number of carboxylic acid groups (broad SMARTS) is 1. The Balaban J connectivity index is 2.11. The fourth-order valence-corrected chi connectivity index (χ4v) is 2.87. The molecule has 1 N–H and O–H groups in total. The van der Waals surface area contributed by atoms with Crippen LogP contribution in [0.25, 0.3) is 6.08 Å². The van der Waals surface area contributed by atoms with Crippen LogP contribution in [0.5, 0.6) is 5.75 Å². The number of benzene rings is 1. The lowest BCUT2D eigenvalue weighted by molar-refractivity contribution is -0.131. The van der Waals surface area contributed by atoms with E-state index < -0.39 is 5.97 Å². The molecule has 0 aliphatic heterocycles. The third-order valence-electron chi connectivity index (χ3n) is 3.00. The Morgan fingerprint density at radius 2 is 2.00 bits per heavy atom. The van der Waals surface area contributed by atoms with E-state index in [1.54, 1.807) is 6.08 Å². The van der Waals surface area contributed by atoms with Crippen molar-refractivity contribution in [1.29, 1.82) is 0 Å². The maximum Gasteiger partial charge on any atom is 0.328 e. The average Bonchev–Trinajstić information content (AvgIpc) is 2.76. The van der Waals surface area contributed by atoms with Crippen LogP contribution in [0.4, 0.5) is 0 Å². The molecule has 0 fully saturated rings. The lowest BCUT2D eigenvalue weighted by Gasteiger charge is -2.10. The molecule has 4 nitrogen and oxygen atoms in total. The molecule has 1 aromatic carbocycles. The molecule has 0 aliphatic carbocycles. The third kappa shape index (κ3) is 3.92. The number of para-hydroxylation sites is 1. The van der Waals surface area contributed by atoms with Crippen LogP contribution in [-0.4, -0.2) is 16.1 Å². The van der Waals surface area contributed by atoms with Crippen molar-refractivity contribution in [2.24, 2.45) is 0 Å². The van der Waals surface area contributed by atoms with Crippen molar-refractivity contribution in [3.8, 4) is 5.75 Å². The van der Waals surface area contributed by atoms with Gasteiger partial charge in [-0.3, -0.25) is 0 Å². The molecule has 21 heavy (non-hydrogen) atoms. The number of aromatic nitrogens is 1. The first-order chi connectivity index (χ1) is 9.97. The monoisotopic (exact) mass is 303 g/mol. The van der Waals surface area contributed by atoms with Gasteiger partial charge in [-0.05, 0) is 38.0 Å². The number of thiazole rings is 1. The van der Waals surface area contributed by atoms with Crippen molar-refractivity contribution in [3.63, 3.8) is 0 Å². The predicted octanol–water partition coefficient (Wildman–Crippen LogP) is 3.75. The molecule has 2 rings (SSSR count). The maximum atomic E-state index is 10.5. The minimum absolute atomic E-state index is 0.387. The summed E-state index contributed by atoms with van der Waals surface area (Å²) in [6.45, 7) is 6.27. The zero-order chi connectivity index (χ0) is 15.4. The highest BCUT2D eigenvalue weighted by atomic mass is 32.1. The molecule has 2 aromatic rings. The molecule has 1 heterocycles. The van der Waals surface area contributed by atoms with Crippen LogP contribution in [0.2, 0.25) is 0 Å². The highest BCUT2D eigenvalue weighted by Crippen LogP contribution is 2.25. The number of hydrogen-bond donors (Lipinski definition) is 1. The SMILES string of the molecule is Cc1cccc(C)c1OCc1nc(C)c(/C=C/C(=O)O)s1. The van der Waals surface area contributed by atoms with E-state index in [-0.39, 0.29) is 0 Å². The van der Waals surface area contributed by atoms with Gasteiger partial charge in [-0.2, -0.15) is 0 Å². The molecule has 0 spiro atoms. The van der Waals surface area contributed by atoms with Gasteiger partial charge in [0.05, 0.1) is 10.6 Å². The molecule has 0 atom stereocenters. The van der Waals surface area contributed by atoms with Crippen LogP contribution in [0.1, 0.15) is 26.7 Å². The van der Waals surface area contributed by atoms with Crippen molar-refractivity contribution >= 4 is 23.4 Å². The van der Waals surface area contributed by atoms with E-state index in [1.807, 2.05) is 39.0 Å². The summed E-state index contributed by atoms with van der Waals surface area (Å²) in [5.41, 5.74) is 3.00. The summed E-state index contributed by atoms with van der Waals surface area (Å²) in [4.78, 5) is 15.8. The Hall–Kier alpha value is -2.14. The van der Waals surface area contributed by atoms with Crippen molar-refractivity contribution in [2.45, 2.75) is 27.4 Å². The Labute approximate surface area is 127 Å². The van der Waals surface area contributed by atoms with Crippen molar-refractivity contribution in [3.05, 3.63) is 51.0 Å². The van der Waals surface area contributed by atoms with Crippen LogP contribution in [0.3, 0.4) is 0 Å². The molecule has 0 bridgehead atoms. The molecular formula is C16H17NO3S. The van der Waals surface area contributed by atoms with E-state index in [1.165, 1.54) is 11.3 Å². The van der Waals surface area contributed by atoms with E-state index >= 15 is 0 Å². The number of aliphatic carboxylic acids is 1. The summed E-state index contributed by atoms with van der Waals surface area (Å²) in [6, 6.07) is 6.02. The molecule has 1 aromatic heterocycles. The van der Waals surface area contributed by atoms with Crippen molar-refractivity contribution in [2.75, 3.05) is 0 Å². The standard InChI is InChI=1S/C16H17NO3S/c1-10-5-4-6-11(2)16(10)20-9-14-17-12(3)13(21-14)7-8-15(18)19/h4-8H,9H2,1-3H3,(H,18,19)/b8-7+. The first kappa shape index (κ1) is 15.3. The molecule has 0 radical (unpaired) electrons. The minimum atomic E-state index is -0.962. The Kier molecular flexibility index (Phi) is 4.75. The second-order valence-corrected chi connectivity index (χ2v) is 5.85. The van der Waals surface area contributed by atoms with Crippen molar-refractivity contribution in [1.82, 2.24) is 4.98 Å². The van der Waals surface area contributed by atoms with Gasteiger partial charge < -0.3 is 9.84 Å². The summed E-state index contributed by atoms with van der Waals surface area (Å²) < 4.78 is 5.86. The van der Waals surface area contributed by atoms with Gasteiger partial charge in [-0.1, -0.05) is 18.2 Å². The number of nitrogens with zero attached hydrogens (tertiary/aromatic N) is 1. The van der Waals surface area contributed by atoms with Crippen LogP contribution < -0.4 is 4.74 Å². The maximum absolute atomic E-state index is 10.5. The molecule has 0 aliphatic rings. The first-order valence-corrected chi connectivity index (χ1v) is 7.35. The smallest absolute Gasteiger partial charge is 0.328 e. The quantitative estimate of drug-likeness (QED) is 0.855. The van der Waals surface area contributed by atoms with Gasteiger partial charge in [-0.25, -0.2) is 9.78 Å². The molecule has 0 saturated carbocycles. The van der Waals surface area contributed by atoms with Gasteiger partial charge in [0, 0.05) is 6.08 Å². The van der Waals surface area contributed by atoms with Crippen molar-refractivity contribution < 1.29 is 14.6 Å². The molecular weight excluding hydrogens is 286 g/mol. The Morgan fingerprint density at radius 3 is 2.62 bits per heavy atom. The van der Waals surface area contributed by atoms with Gasteiger partial charge in [0.25, 0.3) is 0 Å². The largest absolute Gasteiger partial charge is 0.486 e. The van der Waals surface area contributed by atoms with Crippen LogP contribution in [0, 0.1) is 20.8 Å². The average molecular weight is 303 g/mol. The molecule has 5 heteroatoms. The number of carbonyl (C=O) groups is 1. The second-order valence-electron chi connectivity index (χ2n) is 4.74. The number of rotatable bonds is 5. The number of ether oxygens (including phenoxy) is 1. The van der Waals surface area contributed by atoms with E-state index in [0.717, 1.165) is 38.5 Å². The Bertz CT molecular complexity index is 669. The summed E-state index contributed by atoms with van der Waals surface area (Å²) in [5.74, 6) is -0.0795.